The van der Waals surface area contributed by atoms with Gasteiger partial charge < -0.3 is 4.74 Å². The molecular formula is C32H26N2O. The van der Waals surface area contributed by atoms with Gasteiger partial charge in [-0.15, -0.1) is 0 Å². The molecule has 0 fully saturated rings. The van der Waals surface area contributed by atoms with Crippen LogP contribution in [0.1, 0.15) is 16.7 Å². The van der Waals surface area contributed by atoms with E-state index in [0.29, 0.717) is 0 Å². The van der Waals surface area contributed by atoms with E-state index >= 15 is 0 Å². The highest BCUT2D eigenvalue weighted by Gasteiger charge is 2.43. The van der Waals surface area contributed by atoms with Crippen molar-refractivity contribution in [2.24, 2.45) is 11.0 Å². The highest BCUT2D eigenvalue weighted by atomic mass is 16.5. The van der Waals surface area contributed by atoms with E-state index in [1.165, 1.54) is 22.3 Å². The van der Waals surface area contributed by atoms with Gasteiger partial charge in [0.05, 0.1) is 30.5 Å². The molecule has 35 heavy (non-hydrogen) atoms. The second-order valence-electron chi connectivity index (χ2n) is 8.78. The third-order valence-corrected chi connectivity index (χ3v) is 6.76. The normalized spacial score (nSPS) is 18.4. The van der Waals surface area contributed by atoms with Crippen molar-refractivity contribution < 1.29 is 4.74 Å². The zero-order valence-corrected chi connectivity index (χ0v) is 19.6. The summed E-state index contributed by atoms with van der Waals surface area (Å²) < 4.78 is 5.41. The van der Waals surface area contributed by atoms with Crippen LogP contribution in [0.4, 0.5) is 5.69 Å². The Kier molecular flexibility index (Phi) is 5.51. The first-order valence-corrected chi connectivity index (χ1v) is 11.9. The Bertz CT molecular complexity index is 1360. The van der Waals surface area contributed by atoms with Gasteiger partial charge in [-0.2, -0.15) is 5.10 Å². The molecule has 0 spiro atoms. The fraction of sp³-hybridized carbons (Fsp3) is 0.0938. The summed E-state index contributed by atoms with van der Waals surface area (Å²) in [4.78, 5) is 0. The van der Waals surface area contributed by atoms with Gasteiger partial charge in [0.15, 0.2) is 0 Å². The first-order valence-electron chi connectivity index (χ1n) is 11.9. The van der Waals surface area contributed by atoms with Crippen molar-refractivity contribution in [1.29, 1.82) is 0 Å². The topological polar surface area (TPSA) is 24.8 Å². The Morgan fingerprint density at radius 1 is 0.714 bits per heavy atom. The van der Waals surface area contributed by atoms with Crippen LogP contribution in [0.3, 0.4) is 0 Å². The monoisotopic (exact) mass is 454 g/mol. The van der Waals surface area contributed by atoms with E-state index in [9.17, 15) is 0 Å². The van der Waals surface area contributed by atoms with Crippen molar-refractivity contribution in [3.8, 4) is 5.75 Å². The first-order chi connectivity index (χ1) is 17.3. The van der Waals surface area contributed by atoms with Gasteiger partial charge in [-0.1, -0.05) is 91.0 Å². The van der Waals surface area contributed by atoms with E-state index in [0.717, 1.165) is 22.7 Å². The zero-order valence-electron chi connectivity index (χ0n) is 19.6. The zero-order chi connectivity index (χ0) is 23.6. The molecule has 1 aliphatic heterocycles. The molecule has 0 N–H and O–H groups in total. The third-order valence-electron chi connectivity index (χ3n) is 6.76. The van der Waals surface area contributed by atoms with Gasteiger partial charge in [0.1, 0.15) is 5.75 Å². The Balaban J connectivity index is 1.55. The number of hydrogen-bond acceptors (Lipinski definition) is 3. The van der Waals surface area contributed by atoms with Gasteiger partial charge >= 0.3 is 0 Å². The third kappa shape index (κ3) is 3.85. The number of hydrazone groups is 1. The molecule has 6 rings (SSSR count). The number of nitrogens with zero attached hydrogens (tertiary/aromatic N) is 2. The molecule has 3 nitrogen and oxygen atoms in total. The standard InChI is InChI=1S/C32H26N2O/c1-35-27-19-17-25(18-20-27)32-31-28(21-22-29(31)34(33-32)26-15-9-4-10-16-26)30(23-11-5-2-6-12-23)24-13-7-3-8-14-24/h2-22,29,31H,1H3/t29-,31+/m1/s1. The largest absolute Gasteiger partial charge is 0.497 e. The number of benzene rings is 4. The Morgan fingerprint density at radius 3 is 1.86 bits per heavy atom. The molecule has 0 radical (unpaired) electrons. The molecule has 0 saturated heterocycles. The lowest BCUT2D eigenvalue weighted by Gasteiger charge is -2.23. The van der Waals surface area contributed by atoms with Crippen LogP contribution in [0, 0.1) is 5.92 Å². The van der Waals surface area contributed by atoms with Crippen molar-refractivity contribution in [2.75, 3.05) is 12.1 Å². The molecule has 0 unspecified atom stereocenters. The fourth-order valence-corrected chi connectivity index (χ4v) is 5.14. The molecule has 3 heteroatoms. The summed E-state index contributed by atoms with van der Waals surface area (Å²) in [5.74, 6) is 0.956. The van der Waals surface area contributed by atoms with Crippen LogP contribution in [-0.4, -0.2) is 18.9 Å². The summed E-state index contributed by atoms with van der Waals surface area (Å²) in [5, 5.41) is 7.38. The van der Waals surface area contributed by atoms with Crippen LogP contribution in [0.5, 0.6) is 5.75 Å². The summed E-state index contributed by atoms with van der Waals surface area (Å²) in [7, 11) is 1.70. The van der Waals surface area contributed by atoms with E-state index in [1.807, 2.05) is 18.2 Å². The number of para-hydroxylation sites is 1. The van der Waals surface area contributed by atoms with Crippen LogP contribution in [0.25, 0.3) is 5.57 Å². The molecule has 4 aromatic carbocycles. The quantitative estimate of drug-likeness (QED) is 0.325. The fourth-order valence-electron chi connectivity index (χ4n) is 5.14. The molecule has 0 bridgehead atoms. The molecular weight excluding hydrogens is 428 g/mol. The maximum atomic E-state index is 5.41. The molecule has 2 atom stereocenters. The molecule has 0 saturated carbocycles. The lowest BCUT2D eigenvalue weighted by Crippen LogP contribution is -2.29. The Labute approximate surface area is 206 Å². The van der Waals surface area contributed by atoms with Crippen LogP contribution in [-0.2, 0) is 0 Å². The van der Waals surface area contributed by atoms with E-state index in [4.69, 9.17) is 9.84 Å². The van der Waals surface area contributed by atoms with E-state index < -0.39 is 0 Å². The average Bonchev–Trinajstić information content (AvgIpc) is 3.52. The smallest absolute Gasteiger partial charge is 0.118 e. The molecule has 1 aliphatic carbocycles. The van der Waals surface area contributed by atoms with Crippen LogP contribution in [0.2, 0.25) is 0 Å². The van der Waals surface area contributed by atoms with Crippen molar-refractivity contribution in [2.45, 2.75) is 6.04 Å². The van der Waals surface area contributed by atoms with Gasteiger partial charge in [-0.05, 0) is 64.2 Å². The highest BCUT2D eigenvalue weighted by Crippen LogP contribution is 2.44. The van der Waals surface area contributed by atoms with Crippen LogP contribution >= 0.6 is 0 Å². The number of fused-ring (bicyclic) bond motifs is 1. The molecule has 4 aromatic rings. The lowest BCUT2D eigenvalue weighted by atomic mass is 9.83. The predicted molar refractivity (Wildman–Crippen MR) is 144 cm³/mol. The van der Waals surface area contributed by atoms with Crippen molar-refractivity contribution in [3.05, 3.63) is 150 Å². The second kappa shape index (κ2) is 9.11. The van der Waals surface area contributed by atoms with Gasteiger partial charge in [0.2, 0.25) is 0 Å². The number of anilines is 1. The maximum Gasteiger partial charge on any atom is 0.118 e. The second-order valence-corrected chi connectivity index (χ2v) is 8.78. The minimum absolute atomic E-state index is 0.110. The molecule has 0 amide bonds. The van der Waals surface area contributed by atoms with Crippen molar-refractivity contribution >= 4 is 17.0 Å². The minimum atomic E-state index is 0.110. The molecule has 0 aromatic heterocycles. The number of hydrogen-bond donors (Lipinski definition) is 0. The van der Waals surface area contributed by atoms with Gasteiger partial charge in [0.25, 0.3) is 0 Å². The number of ether oxygens (including phenoxy) is 1. The summed E-state index contributed by atoms with van der Waals surface area (Å²) >= 11 is 0. The maximum absolute atomic E-state index is 5.41. The average molecular weight is 455 g/mol. The van der Waals surface area contributed by atoms with Crippen LogP contribution < -0.4 is 9.75 Å². The summed E-state index contributed by atoms with van der Waals surface area (Å²) in [6.45, 7) is 0. The summed E-state index contributed by atoms with van der Waals surface area (Å²) in [6.07, 6.45) is 4.61. The predicted octanol–water partition coefficient (Wildman–Crippen LogP) is 6.98. The van der Waals surface area contributed by atoms with Gasteiger partial charge in [-0.3, -0.25) is 5.01 Å². The summed E-state index contributed by atoms with van der Waals surface area (Å²) in [5.41, 5.74) is 8.26. The Morgan fingerprint density at radius 2 is 1.29 bits per heavy atom. The molecule has 1 heterocycles. The lowest BCUT2D eigenvalue weighted by molar-refractivity contribution is 0.415. The van der Waals surface area contributed by atoms with Gasteiger partial charge in [0, 0.05) is 0 Å². The van der Waals surface area contributed by atoms with E-state index in [-0.39, 0.29) is 12.0 Å². The van der Waals surface area contributed by atoms with Crippen molar-refractivity contribution in [3.63, 3.8) is 0 Å². The van der Waals surface area contributed by atoms with Crippen LogP contribution in [0.15, 0.2) is 138 Å². The SMILES string of the molecule is COc1ccc(C2=NN(c3ccccc3)[C@@H]3C=CC(=C(c4ccccc4)c4ccccc4)[C@H]23)cc1. The molecule has 170 valence electrons. The minimum Gasteiger partial charge on any atom is -0.497 e. The number of allylic oxidation sites excluding steroid dienone is 1. The molecule has 2 aliphatic rings. The van der Waals surface area contributed by atoms with Crippen molar-refractivity contribution in [1.82, 2.24) is 0 Å². The van der Waals surface area contributed by atoms with E-state index in [2.05, 4.69) is 114 Å². The van der Waals surface area contributed by atoms with Gasteiger partial charge in [-0.25, -0.2) is 0 Å². The van der Waals surface area contributed by atoms with E-state index in [1.54, 1.807) is 7.11 Å². The number of rotatable bonds is 5. The summed E-state index contributed by atoms with van der Waals surface area (Å²) in [6, 6.07) is 40.2. The Hall–Kier alpha value is -4.37. The number of methoxy groups -OCH3 is 1. The first kappa shape index (κ1) is 21.2. The highest BCUT2D eigenvalue weighted by molar-refractivity contribution is 6.09.